The van der Waals surface area contributed by atoms with E-state index in [1.165, 1.54) is 5.69 Å². The van der Waals surface area contributed by atoms with Crippen molar-refractivity contribution < 1.29 is 0 Å². The number of nitrogens with one attached hydrogen (secondary N) is 2. The van der Waals surface area contributed by atoms with Crippen molar-refractivity contribution in [3.63, 3.8) is 0 Å². The Bertz CT molecular complexity index is 978. The first-order valence-corrected chi connectivity index (χ1v) is 10.2. The van der Waals surface area contributed by atoms with Gasteiger partial charge in [0.15, 0.2) is 0 Å². The summed E-state index contributed by atoms with van der Waals surface area (Å²) in [6.07, 6.45) is 0. The van der Waals surface area contributed by atoms with Crippen LogP contribution in [-0.2, 0) is 6.54 Å². The van der Waals surface area contributed by atoms with Crippen molar-refractivity contribution in [2.75, 3.05) is 43.4 Å². The van der Waals surface area contributed by atoms with Crippen molar-refractivity contribution >= 4 is 33.4 Å². The number of nitrogen functional groups attached to an aromatic ring is 1. The molecular formula is C21H31N7. The van der Waals surface area contributed by atoms with Crippen LogP contribution in [0.2, 0.25) is 0 Å². The zero-order chi connectivity index (χ0) is 19.9. The number of rotatable bonds is 4. The van der Waals surface area contributed by atoms with Crippen LogP contribution >= 0.6 is 0 Å². The zero-order valence-corrected chi connectivity index (χ0v) is 17.3. The summed E-state index contributed by atoms with van der Waals surface area (Å²) in [5, 5.41) is 4.36. The number of hydrogen-bond donors (Lipinski definition) is 3. The molecule has 7 nitrogen and oxygen atoms in total. The Morgan fingerprint density at radius 3 is 2.57 bits per heavy atom. The van der Waals surface area contributed by atoms with Gasteiger partial charge in [-0.2, -0.15) is 0 Å². The van der Waals surface area contributed by atoms with Gasteiger partial charge >= 0.3 is 0 Å². The third-order valence-corrected chi connectivity index (χ3v) is 5.62. The SMILES string of the molecule is CCNCc1nc2c([nH]1)c(N)nc1ccc(N3CCN(C(C)(C)C)CC3)cc12. The Kier molecular flexibility index (Phi) is 4.89. The Balaban J connectivity index is 1.67. The summed E-state index contributed by atoms with van der Waals surface area (Å²) in [6, 6.07) is 6.43. The molecule has 7 heteroatoms. The van der Waals surface area contributed by atoms with E-state index < -0.39 is 0 Å². The van der Waals surface area contributed by atoms with E-state index in [9.17, 15) is 0 Å². The quantitative estimate of drug-likeness (QED) is 0.644. The van der Waals surface area contributed by atoms with E-state index in [0.717, 1.165) is 60.5 Å². The number of aromatic amines is 1. The number of hydrogen-bond acceptors (Lipinski definition) is 6. The number of fused-ring (bicyclic) bond motifs is 3. The first-order chi connectivity index (χ1) is 13.4. The Hall–Kier alpha value is -2.38. The molecule has 1 saturated heterocycles. The number of aromatic nitrogens is 3. The number of pyridine rings is 1. The molecule has 0 unspecified atom stereocenters. The number of anilines is 2. The number of benzene rings is 1. The average molecular weight is 382 g/mol. The molecule has 4 N–H and O–H groups in total. The van der Waals surface area contributed by atoms with E-state index in [0.29, 0.717) is 12.4 Å². The second-order valence-corrected chi connectivity index (χ2v) is 8.53. The molecule has 0 saturated carbocycles. The third kappa shape index (κ3) is 3.52. The summed E-state index contributed by atoms with van der Waals surface area (Å²) >= 11 is 0. The number of H-pyrrole nitrogens is 1. The molecule has 150 valence electrons. The van der Waals surface area contributed by atoms with Gasteiger partial charge in [0.1, 0.15) is 22.7 Å². The van der Waals surface area contributed by atoms with Crippen molar-refractivity contribution in [2.24, 2.45) is 0 Å². The van der Waals surface area contributed by atoms with Gasteiger partial charge in [-0.15, -0.1) is 0 Å². The van der Waals surface area contributed by atoms with E-state index >= 15 is 0 Å². The lowest BCUT2D eigenvalue weighted by Crippen LogP contribution is -2.53. The molecular weight excluding hydrogens is 350 g/mol. The Morgan fingerprint density at radius 2 is 1.89 bits per heavy atom. The first kappa shape index (κ1) is 19.0. The van der Waals surface area contributed by atoms with Gasteiger partial charge in [0.2, 0.25) is 0 Å². The zero-order valence-electron chi connectivity index (χ0n) is 17.3. The van der Waals surface area contributed by atoms with E-state index in [4.69, 9.17) is 10.7 Å². The van der Waals surface area contributed by atoms with E-state index in [1.54, 1.807) is 0 Å². The van der Waals surface area contributed by atoms with Crippen molar-refractivity contribution in [3.8, 4) is 0 Å². The van der Waals surface area contributed by atoms with Crippen LogP contribution in [-0.4, -0.2) is 58.1 Å². The maximum atomic E-state index is 6.18. The van der Waals surface area contributed by atoms with Crippen LogP contribution in [0.1, 0.15) is 33.5 Å². The Morgan fingerprint density at radius 1 is 1.14 bits per heavy atom. The Labute approximate surface area is 166 Å². The van der Waals surface area contributed by atoms with Crippen LogP contribution in [0.25, 0.3) is 21.9 Å². The fourth-order valence-corrected chi connectivity index (χ4v) is 3.96. The van der Waals surface area contributed by atoms with Crippen LogP contribution in [0.4, 0.5) is 11.5 Å². The molecule has 0 spiro atoms. The van der Waals surface area contributed by atoms with Crippen molar-refractivity contribution in [1.82, 2.24) is 25.2 Å². The summed E-state index contributed by atoms with van der Waals surface area (Å²) in [6.45, 7) is 14.7. The highest BCUT2D eigenvalue weighted by Crippen LogP contribution is 2.30. The minimum absolute atomic E-state index is 0.223. The van der Waals surface area contributed by atoms with Crippen molar-refractivity contribution in [2.45, 2.75) is 39.8 Å². The minimum atomic E-state index is 0.223. The second kappa shape index (κ2) is 7.22. The molecule has 1 aliphatic rings. The number of piperazine rings is 1. The summed E-state index contributed by atoms with van der Waals surface area (Å²) in [5.41, 5.74) is 10.3. The lowest BCUT2D eigenvalue weighted by atomic mass is 10.0. The highest BCUT2D eigenvalue weighted by Gasteiger charge is 2.26. The molecule has 0 radical (unpaired) electrons. The van der Waals surface area contributed by atoms with Gasteiger partial charge in [0.05, 0.1) is 12.1 Å². The van der Waals surface area contributed by atoms with Gasteiger partial charge in [-0.1, -0.05) is 6.92 Å². The van der Waals surface area contributed by atoms with E-state index in [-0.39, 0.29) is 5.54 Å². The van der Waals surface area contributed by atoms with Crippen molar-refractivity contribution in [3.05, 3.63) is 24.0 Å². The molecule has 0 aliphatic carbocycles. The third-order valence-electron chi connectivity index (χ3n) is 5.62. The van der Waals surface area contributed by atoms with Gasteiger partial charge in [-0.05, 0) is 45.5 Å². The lowest BCUT2D eigenvalue weighted by Gasteiger charge is -2.43. The summed E-state index contributed by atoms with van der Waals surface area (Å²) in [5.74, 6) is 1.39. The highest BCUT2D eigenvalue weighted by molar-refractivity contribution is 6.07. The number of imidazole rings is 1. The molecule has 3 heterocycles. The van der Waals surface area contributed by atoms with Crippen LogP contribution in [0.15, 0.2) is 18.2 Å². The molecule has 2 aromatic heterocycles. The molecule has 0 bridgehead atoms. The van der Waals surface area contributed by atoms with Crippen LogP contribution in [0, 0.1) is 0 Å². The molecule has 1 fully saturated rings. The maximum absolute atomic E-state index is 6.18. The predicted molar refractivity (Wildman–Crippen MR) is 117 cm³/mol. The second-order valence-electron chi connectivity index (χ2n) is 8.53. The first-order valence-electron chi connectivity index (χ1n) is 10.2. The fourth-order valence-electron chi connectivity index (χ4n) is 3.96. The summed E-state index contributed by atoms with van der Waals surface area (Å²) in [7, 11) is 0. The molecule has 3 aromatic rings. The van der Waals surface area contributed by atoms with Crippen molar-refractivity contribution in [1.29, 1.82) is 0 Å². The maximum Gasteiger partial charge on any atom is 0.150 e. The molecule has 0 amide bonds. The highest BCUT2D eigenvalue weighted by atomic mass is 15.3. The molecule has 1 aromatic carbocycles. The average Bonchev–Trinajstić information content (AvgIpc) is 3.11. The van der Waals surface area contributed by atoms with Crippen LogP contribution in [0.5, 0.6) is 0 Å². The smallest absolute Gasteiger partial charge is 0.150 e. The molecule has 4 rings (SSSR count). The largest absolute Gasteiger partial charge is 0.382 e. The molecule has 0 atom stereocenters. The summed E-state index contributed by atoms with van der Waals surface area (Å²) in [4.78, 5) is 17.7. The standard InChI is InChI=1S/C21H31N7/c1-5-23-13-17-25-18-15-12-14(6-7-16(15)24-20(22)19(18)26-17)27-8-10-28(11-9-27)21(2,3)4/h6-7,12,23H,5,8-11,13H2,1-4H3,(H2,22,24)(H,25,26). The van der Waals surface area contributed by atoms with Gasteiger partial charge in [-0.25, -0.2) is 9.97 Å². The molecule has 28 heavy (non-hydrogen) atoms. The predicted octanol–water partition coefficient (Wildman–Crippen LogP) is 2.72. The normalized spacial score (nSPS) is 16.4. The van der Waals surface area contributed by atoms with Gasteiger partial charge in [-0.3, -0.25) is 4.90 Å². The fraction of sp³-hybridized carbons (Fsp3) is 0.524. The van der Waals surface area contributed by atoms with Crippen LogP contribution in [0.3, 0.4) is 0 Å². The van der Waals surface area contributed by atoms with E-state index in [2.05, 4.69) is 71.0 Å². The summed E-state index contributed by atoms with van der Waals surface area (Å²) < 4.78 is 0. The number of nitrogens with two attached hydrogens (primary N) is 1. The lowest BCUT2D eigenvalue weighted by molar-refractivity contribution is 0.128. The van der Waals surface area contributed by atoms with Gasteiger partial charge in [0.25, 0.3) is 0 Å². The van der Waals surface area contributed by atoms with Crippen LogP contribution < -0.4 is 16.0 Å². The minimum Gasteiger partial charge on any atom is -0.382 e. The van der Waals surface area contributed by atoms with Gasteiger partial charge < -0.3 is 20.9 Å². The topological polar surface area (TPSA) is 86.1 Å². The molecule has 1 aliphatic heterocycles. The number of nitrogens with zero attached hydrogens (tertiary/aromatic N) is 4. The van der Waals surface area contributed by atoms with E-state index in [1.807, 2.05) is 0 Å². The van der Waals surface area contributed by atoms with Gasteiger partial charge in [0, 0.05) is 42.8 Å². The monoisotopic (exact) mass is 381 g/mol.